The first-order valence-electron chi connectivity index (χ1n) is 11.6. The van der Waals surface area contributed by atoms with Crippen molar-refractivity contribution in [1.29, 1.82) is 0 Å². The fourth-order valence-corrected chi connectivity index (χ4v) is 6.82. The fourth-order valence-electron chi connectivity index (χ4n) is 4.15. The van der Waals surface area contributed by atoms with Crippen molar-refractivity contribution in [3.05, 3.63) is 92.4 Å². The monoisotopic (exact) mass is 584 g/mol. The Bertz CT molecular complexity index is 1910. The second kappa shape index (κ2) is 9.67. The Morgan fingerprint density at radius 1 is 1.10 bits per heavy atom. The van der Waals surface area contributed by atoms with E-state index < -0.39 is 31.2 Å². The highest BCUT2D eigenvalue weighted by Gasteiger charge is 2.30. The highest BCUT2D eigenvalue weighted by Crippen LogP contribution is 2.40. The molecule has 0 saturated heterocycles. The zero-order chi connectivity index (χ0) is 28.1. The molecule has 202 valence electrons. The van der Waals surface area contributed by atoms with E-state index in [2.05, 4.69) is 10.4 Å². The average molecular weight is 585 g/mol. The standard InChI is InChI=1S/C26H24N4O6S3/c1-16-9-12-21(37-16)24-25(31)23(26(32)30(28-24)14-17-7-5-4-6-8-17)20-15-39(35,36)22-13-18(10-11-19(22)27-20)29(2)38(3,33)34/h4-13,15,27,31H,14H2,1-3H3. The van der Waals surface area contributed by atoms with Crippen molar-refractivity contribution < 1.29 is 21.9 Å². The molecule has 0 aliphatic carbocycles. The number of benzene rings is 2. The van der Waals surface area contributed by atoms with Crippen molar-refractivity contribution in [3.8, 4) is 16.3 Å². The molecule has 4 aromatic rings. The minimum Gasteiger partial charge on any atom is -0.505 e. The van der Waals surface area contributed by atoms with Gasteiger partial charge in [-0.05, 0) is 42.8 Å². The zero-order valence-electron chi connectivity index (χ0n) is 21.1. The molecule has 0 saturated carbocycles. The third-order valence-corrected chi connectivity index (χ3v) is 9.93. The van der Waals surface area contributed by atoms with E-state index in [9.17, 15) is 26.7 Å². The van der Waals surface area contributed by atoms with Gasteiger partial charge in [0.1, 0.15) is 11.3 Å². The van der Waals surface area contributed by atoms with Crippen LogP contribution in [-0.4, -0.2) is 45.0 Å². The van der Waals surface area contributed by atoms with E-state index in [1.807, 2.05) is 43.3 Å². The predicted octanol–water partition coefficient (Wildman–Crippen LogP) is 3.63. The first kappa shape index (κ1) is 26.7. The van der Waals surface area contributed by atoms with Gasteiger partial charge in [-0.25, -0.2) is 21.5 Å². The molecule has 10 nitrogen and oxygen atoms in total. The summed E-state index contributed by atoms with van der Waals surface area (Å²) in [4.78, 5) is 15.1. The van der Waals surface area contributed by atoms with Crippen LogP contribution in [0.2, 0.25) is 0 Å². The SMILES string of the molecule is Cc1ccc(-c2nn(Cc3ccccc3)c(=O)c(C3=CS(=O)(=O)c4cc(N(C)S(C)(=O)=O)ccc4N3)c2O)s1. The summed E-state index contributed by atoms with van der Waals surface area (Å²) in [6.45, 7) is 2.00. The van der Waals surface area contributed by atoms with E-state index in [1.54, 1.807) is 6.07 Å². The van der Waals surface area contributed by atoms with Crippen LogP contribution in [0.4, 0.5) is 11.4 Å². The molecule has 0 bridgehead atoms. The van der Waals surface area contributed by atoms with E-state index in [4.69, 9.17) is 0 Å². The molecule has 0 unspecified atom stereocenters. The normalized spacial score (nSPS) is 14.3. The van der Waals surface area contributed by atoms with Gasteiger partial charge >= 0.3 is 0 Å². The summed E-state index contributed by atoms with van der Waals surface area (Å²) in [5.74, 6) is -0.447. The third kappa shape index (κ3) is 5.07. The number of aromatic hydroxyl groups is 1. The molecular weight excluding hydrogens is 561 g/mol. The van der Waals surface area contributed by atoms with Crippen molar-refractivity contribution in [2.24, 2.45) is 0 Å². The van der Waals surface area contributed by atoms with E-state index >= 15 is 0 Å². The Morgan fingerprint density at radius 2 is 1.82 bits per heavy atom. The summed E-state index contributed by atoms with van der Waals surface area (Å²) >= 11 is 1.38. The number of aryl methyl sites for hydroxylation is 1. The van der Waals surface area contributed by atoms with Gasteiger partial charge in [0.15, 0.2) is 5.75 Å². The molecule has 2 aromatic heterocycles. The summed E-state index contributed by atoms with van der Waals surface area (Å²) in [6, 6.07) is 16.9. The van der Waals surface area contributed by atoms with E-state index in [0.29, 0.717) is 4.88 Å². The minimum atomic E-state index is -4.14. The second-order valence-corrected chi connectivity index (χ2v) is 14.1. The van der Waals surface area contributed by atoms with E-state index in [1.165, 1.54) is 41.3 Å². The lowest BCUT2D eigenvalue weighted by atomic mass is 10.1. The Balaban J connectivity index is 1.68. The Hall–Kier alpha value is -3.94. The van der Waals surface area contributed by atoms with Crippen LogP contribution in [0, 0.1) is 6.92 Å². The second-order valence-electron chi connectivity index (χ2n) is 9.04. The van der Waals surface area contributed by atoms with Crippen molar-refractivity contribution >= 4 is 48.3 Å². The Morgan fingerprint density at radius 3 is 2.46 bits per heavy atom. The number of hydrogen-bond donors (Lipinski definition) is 2. The molecule has 3 heterocycles. The topological polar surface area (TPSA) is 139 Å². The molecular formula is C26H24N4O6S3. The zero-order valence-corrected chi connectivity index (χ0v) is 23.6. The lowest BCUT2D eigenvalue weighted by Gasteiger charge is -2.23. The molecule has 2 N–H and O–H groups in total. The van der Waals surface area contributed by atoms with Gasteiger partial charge in [-0.1, -0.05) is 30.3 Å². The molecule has 0 fully saturated rings. The first-order valence-corrected chi connectivity index (χ1v) is 15.8. The van der Waals surface area contributed by atoms with Gasteiger partial charge in [-0.2, -0.15) is 5.10 Å². The van der Waals surface area contributed by atoms with Crippen LogP contribution >= 0.6 is 11.3 Å². The average Bonchev–Trinajstić information content (AvgIpc) is 3.31. The summed E-state index contributed by atoms with van der Waals surface area (Å²) in [7, 11) is -6.45. The van der Waals surface area contributed by atoms with Gasteiger partial charge in [0.05, 0.1) is 45.1 Å². The lowest BCUT2D eigenvalue weighted by Crippen LogP contribution is -2.29. The minimum absolute atomic E-state index is 0.0993. The number of sulfonamides is 1. The molecule has 1 aliphatic heterocycles. The summed E-state index contributed by atoms with van der Waals surface area (Å²) in [6.07, 6.45) is 1.01. The number of rotatable bonds is 6. The number of aromatic nitrogens is 2. The molecule has 39 heavy (non-hydrogen) atoms. The van der Waals surface area contributed by atoms with Crippen molar-refractivity contribution in [2.75, 3.05) is 22.9 Å². The first-order chi connectivity index (χ1) is 18.3. The molecule has 0 atom stereocenters. The van der Waals surface area contributed by atoms with Crippen molar-refractivity contribution in [2.45, 2.75) is 18.4 Å². The maximum atomic E-state index is 13.7. The molecule has 2 aromatic carbocycles. The van der Waals surface area contributed by atoms with Crippen molar-refractivity contribution in [1.82, 2.24) is 9.78 Å². The van der Waals surface area contributed by atoms with Crippen LogP contribution in [0.15, 0.2) is 75.8 Å². The van der Waals surface area contributed by atoms with Gasteiger partial charge in [0.25, 0.3) is 5.56 Å². The summed E-state index contributed by atoms with van der Waals surface area (Å²) in [5.41, 5.74) is 0.196. The van der Waals surface area contributed by atoms with Crippen LogP contribution in [0.3, 0.4) is 0 Å². The quantitative estimate of drug-likeness (QED) is 0.350. The molecule has 0 radical (unpaired) electrons. The van der Waals surface area contributed by atoms with E-state index in [-0.39, 0.29) is 39.8 Å². The van der Waals surface area contributed by atoms with Gasteiger partial charge < -0.3 is 10.4 Å². The number of sulfone groups is 1. The molecule has 1 aliphatic rings. The number of nitrogens with one attached hydrogen (secondary N) is 1. The molecule has 0 amide bonds. The maximum absolute atomic E-state index is 13.7. The highest BCUT2D eigenvalue weighted by atomic mass is 32.2. The smallest absolute Gasteiger partial charge is 0.280 e. The Kier molecular flexibility index (Phi) is 6.61. The predicted molar refractivity (Wildman–Crippen MR) is 152 cm³/mol. The molecule has 0 spiro atoms. The lowest BCUT2D eigenvalue weighted by molar-refractivity contribution is 0.463. The largest absolute Gasteiger partial charge is 0.505 e. The highest BCUT2D eigenvalue weighted by molar-refractivity contribution is 7.94. The molecule has 13 heteroatoms. The summed E-state index contributed by atoms with van der Waals surface area (Å²) < 4.78 is 52.8. The van der Waals surface area contributed by atoms with Gasteiger partial charge in [0.2, 0.25) is 19.9 Å². The number of hydrogen-bond acceptors (Lipinski definition) is 9. The van der Waals surface area contributed by atoms with Crippen LogP contribution in [0.25, 0.3) is 16.3 Å². The van der Waals surface area contributed by atoms with Gasteiger partial charge in [-0.3, -0.25) is 9.10 Å². The van der Waals surface area contributed by atoms with E-state index in [0.717, 1.165) is 26.4 Å². The van der Waals surface area contributed by atoms with Crippen LogP contribution < -0.4 is 15.2 Å². The number of nitrogens with zero attached hydrogens (tertiary/aromatic N) is 3. The number of fused-ring (bicyclic) bond motifs is 1. The van der Waals surface area contributed by atoms with Crippen LogP contribution in [-0.2, 0) is 26.4 Å². The summed E-state index contributed by atoms with van der Waals surface area (Å²) in [5, 5.41) is 19.5. The number of thiophene rings is 1. The van der Waals surface area contributed by atoms with Gasteiger partial charge in [-0.15, -0.1) is 11.3 Å². The third-order valence-electron chi connectivity index (χ3n) is 6.22. The van der Waals surface area contributed by atoms with Crippen LogP contribution in [0.5, 0.6) is 5.75 Å². The number of anilines is 2. The van der Waals surface area contributed by atoms with Crippen LogP contribution in [0.1, 0.15) is 16.0 Å². The fraction of sp³-hybridized carbons (Fsp3) is 0.154. The van der Waals surface area contributed by atoms with Crippen molar-refractivity contribution in [3.63, 3.8) is 0 Å². The molecule has 5 rings (SSSR count). The Labute approximate surface area is 229 Å². The maximum Gasteiger partial charge on any atom is 0.280 e. The van der Waals surface area contributed by atoms with Gasteiger partial charge in [0, 0.05) is 11.9 Å².